The molecule has 0 spiro atoms. The van der Waals surface area contributed by atoms with Crippen LogP contribution in [0.25, 0.3) is 10.2 Å². The van der Waals surface area contributed by atoms with Gasteiger partial charge in [-0.2, -0.15) is 0 Å². The Bertz CT molecular complexity index is 739. The highest BCUT2D eigenvalue weighted by Crippen LogP contribution is 2.27. The number of rotatable bonds is 4. The molecule has 0 unspecified atom stereocenters. The Morgan fingerprint density at radius 3 is 3.00 bits per heavy atom. The summed E-state index contributed by atoms with van der Waals surface area (Å²) in [5.74, 6) is 0.649. The number of aromatic nitrogens is 2. The van der Waals surface area contributed by atoms with Crippen molar-refractivity contribution in [1.82, 2.24) is 9.97 Å². The van der Waals surface area contributed by atoms with Gasteiger partial charge in [0.15, 0.2) is 0 Å². The molecule has 102 valence electrons. The predicted octanol–water partition coefficient (Wildman–Crippen LogP) is 3.79. The molecule has 0 aliphatic heterocycles. The van der Waals surface area contributed by atoms with Crippen molar-refractivity contribution in [1.29, 1.82) is 0 Å². The van der Waals surface area contributed by atoms with Crippen LogP contribution in [-0.2, 0) is 6.42 Å². The number of nitrogens with zero attached hydrogens (tertiary/aromatic N) is 2. The van der Waals surface area contributed by atoms with E-state index in [2.05, 4.69) is 28.3 Å². The van der Waals surface area contributed by atoms with Gasteiger partial charge in [-0.1, -0.05) is 12.1 Å². The quantitative estimate of drug-likeness (QED) is 0.793. The number of fused-ring (bicyclic) bond motifs is 1. The van der Waals surface area contributed by atoms with E-state index in [0.717, 1.165) is 28.0 Å². The first kappa shape index (κ1) is 13.0. The van der Waals surface area contributed by atoms with Crippen LogP contribution < -0.4 is 5.32 Å². The Morgan fingerprint density at radius 1 is 1.25 bits per heavy atom. The summed E-state index contributed by atoms with van der Waals surface area (Å²) in [6, 6.07) is 8.76. The third-order valence-electron chi connectivity index (χ3n) is 3.05. The second kappa shape index (κ2) is 5.54. The number of anilines is 1. The van der Waals surface area contributed by atoms with Crippen molar-refractivity contribution in [2.45, 2.75) is 13.3 Å². The smallest absolute Gasteiger partial charge is 0.138 e. The molecule has 0 fully saturated rings. The molecule has 0 amide bonds. The molecule has 0 aliphatic carbocycles. The molecule has 0 radical (unpaired) electrons. The van der Waals surface area contributed by atoms with E-state index < -0.39 is 0 Å². The molecule has 2 heterocycles. The van der Waals surface area contributed by atoms with Gasteiger partial charge in [0.1, 0.15) is 22.8 Å². The van der Waals surface area contributed by atoms with Crippen LogP contribution in [0.1, 0.15) is 10.4 Å². The van der Waals surface area contributed by atoms with Crippen molar-refractivity contribution in [2.75, 3.05) is 11.9 Å². The first-order valence-corrected chi connectivity index (χ1v) is 7.23. The minimum absolute atomic E-state index is 0.194. The molecule has 2 aromatic heterocycles. The summed E-state index contributed by atoms with van der Waals surface area (Å²) in [5.41, 5.74) is 0.976. The van der Waals surface area contributed by atoms with Gasteiger partial charge in [-0.05, 0) is 37.1 Å². The van der Waals surface area contributed by atoms with Gasteiger partial charge in [-0.25, -0.2) is 14.4 Å². The highest BCUT2D eigenvalue weighted by molar-refractivity contribution is 7.18. The minimum atomic E-state index is -0.194. The predicted molar refractivity (Wildman–Crippen MR) is 80.7 cm³/mol. The molecule has 0 aliphatic rings. The normalized spacial score (nSPS) is 10.9. The lowest BCUT2D eigenvalue weighted by atomic mass is 10.1. The molecule has 0 saturated carbocycles. The van der Waals surface area contributed by atoms with Gasteiger partial charge in [0, 0.05) is 11.4 Å². The lowest BCUT2D eigenvalue weighted by Gasteiger charge is -2.06. The summed E-state index contributed by atoms with van der Waals surface area (Å²) in [6.07, 6.45) is 2.33. The molecule has 1 aromatic carbocycles. The fraction of sp³-hybridized carbons (Fsp3) is 0.200. The highest BCUT2D eigenvalue weighted by atomic mass is 32.1. The fourth-order valence-electron chi connectivity index (χ4n) is 2.13. The van der Waals surface area contributed by atoms with Gasteiger partial charge >= 0.3 is 0 Å². The van der Waals surface area contributed by atoms with Crippen molar-refractivity contribution in [3.8, 4) is 0 Å². The maximum Gasteiger partial charge on any atom is 0.138 e. The van der Waals surface area contributed by atoms with E-state index in [9.17, 15) is 4.39 Å². The summed E-state index contributed by atoms with van der Waals surface area (Å²) in [4.78, 5) is 10.7. The van der Waals surface area contributed by atoms with E-state index in [1.54, 1.807) is 29.8 Å². The average Bonchev–Trinajstić information content (AvgIpc) is 2.80. The van der Waals surface area contributed by atoms with Gasteiger partial charge < -0.3 is 5.32 Å². The molecule has 0 bridgehead atoms. The number of hydrogen-bond donors (Lipinski definition) is 1. The van der Waals surface area contributed by atoms with E-state index in [0.29, 0.717) is 6.54 Å². The molecule has 1 N–H and O–H groups in total. The largest absolute Gasteiger partial charge is 0.369 e. The van der Waals surface area contributed by atoms with Crippen LogP contribution >= 0.6 is 11.3 Å². The minimum Gasteiger partial charge on any atom is -0.369 e. The molecule has 0 atom stereocenters. The van der Waals surface area contributed by atoms with Crippen LogP contribution in [0.2, 0.25) is 0 Å². The Morgan fingerprint density at radius 2 is 2.15 bits per heavy atom. The van der Waals surface area contributed by atoms with Crippen LogP contribution in [0.15, 0.2) is 36.7 Å². The summed E-state index contributed by atoms with van der Waals surface area (Å²) in [6.45, 7) is 2.77. The Kier molecular flexibility index (Phi) is 3.60. The first-order valence-electron chi connectivity index (χ1n) is 6.42. The average molecular weight is 287 g/mol. The van der Waals surface area contributed by atoms with Gasteiger partial charge in [0.25, 0.3) is 0 Å². The number of thiophene rings is 1. The van der Waals surface area contributed by atoms with Crippen molar-refractivity contribution in [3.05, 3.63) is 52.9 Å². The molecule has 5 heteroatoms. The molecule has 3 rings (SSSR count). The van der Waals surface area contributed by atoms with Crippen molar-refractivity contribution < 1.29 is 4.39 Å². The van der Waals surface area contributed by atoms with Crippen LogP contribution in [0.4, 0.5) is 10.2 Å². The summed E-state index contributed by atoms with van der Waals surface area (Å²) >= 11 is 1.66. The zero-order valence-corrected chi connectivity index (χ0v) is 11.9. The number of aryl methyl sites for hydroxylation is 1. The van der Waals surface area contributed by atoms with Crippen molar-refractivity contribution >= 4 is 27.4 Å². The molecular weight excluding hydrogens is 273 g/mol. The summed E-state index contributed by atoms with van der Waals surface area (Å²) < 4.78 is 13.1. The second-order valence-corrected chi connectivity index (χ2v) is 5.84. The molecule has 3 aromatic rings. The molecule has 0 saturated heterocycles. The van der Waals surface area contributed by atoms with Crippen LogP contribution in [0.5, 0.6) is 0 Å². The molecule has 20 heavy (non-hydrogen) atoms. The maximum absolute atomic E-state index is 13.1. The summed E-state index contributed by atoms with van der Waals surface area (Å²) in [7, 11) is 0. The lowest BCUT2D eigenvalue weighted by Crippen LogP contribution is -2.06. The molecule has 3 nitrogen and oxygen atoms in total. The fourth-order valence-corrected chi connectivity index (χ4v) is 2.98. The Labute approximate surface area is 120 Å². The second-order valence-electron chi connectivity index (χ2n) is 4.60. The zero-order chi connectivity index (χ0) is 13.9. The van der Waals surface area contributed by atoms with Gasteiger partial charge in [-0.3, -0.25) is 0 Å². The van der Waals surface area contributed by atoms with Gasteiger partial charge in [0.2, 0.25) is 0 Å². The third-order valence-corrected chi connectivity index (χ3v) is 4.01. The standard InChI is InChI=1S/C15H14FN3S/c1-10-7-13-14(18-9-19-15(13)20-10)17-6-5-11-3-2-4-12(16)8-11/h2-4,7-9H,5-6H2,1H3,(H,17,18,19). The van der Waals surface area contributed by atoms with E-state index >= 15 is 0 Å². The van der Waals surface area contributed by atoms with Crippen molar-refractivity contribution in [2.24, 2.45) is 0 Å². The Balaban J connectivity index is 1.71. The third kappa shape index (κ3) is 2.77. The van der Waals surface area contributed by atoms with Gasteiger partial charge in [-0.15, -0.1) is 11.3 Å². The van der Waals surface area contributed by atoms with E-state index in [1.165, 1.54) is 10.9 Å². The van der Waals surface area contributed by atoms with E-state index in [-0.39, 0.29) is 5.82 Å². The topological polar surface area (TPSA) is 37.8 Å². The monoisotopic (exact) mass is 287 g/mol. The van der Waals surface area contributed by atoms with Gasteiger partial charge in [0.05, 0.1) is 5.39 Å². The zero-order valence-electron chi connectivity index (χ0n) is 11.1. The van der Waals surface area contributed by atoms with Crippen molar-refractivity contribution in [3.63, 3.8) is 0 Å². The van der Waals surface area contributed by atoms with Crippen LogP contribution in [0.3, 0.4) is 0 Å². The SMILES string of the molecule is Cc1cc2c(NCCc3cccc(F)c3)ncnc2s1. The highest BCUT2D eigenvalue weighted by Gasteiger charge is 2.06. The number of benzene rings is 1. The van der Waals surface area contributed by atoms with E-state index in [4.69, 9.17) is 0 Å². The van der Waals surface area contributed by atoms with E-state index in [1.807, 2.05) is 6.07 Å². The number of nitrogens with one attached hydrogen (secondary N) is 1. The number of hydrogen-bond acceptors (Lipinski definition) is 4. The van der Waals surface area contributed by atoms with Crippen LogP contribution in [0, 0.1) is 12.7 Å². The maximum atomic E-state index is 13.1. The number of halogens is 1. The molecular formula is C15H14FN3S. The lowest BCUT2D eigenvalue weighted by molar-refractivity contribution is 0.625. The Hall–Kier alpha value is -2.01. The summed E-state index contributed by atoms with van der Waals surface area (Å²) in [5, 5.41) is 4.35. The van der Waals surface area contributed by atoms with Crippen LogP contribution in [-0.4, -0.2) is 16.5 Å². The first-order chi connectivity index (χ1) is 9.72.